The molecular formula is C26H39NO3. The van der Waals surface area contributed by atoms with Crippen LogP contribution in [-0.4, -0.2) is 37.1 Å². The number of rotatable bonds is 8. The van der Waals surface area contributed by atoms with Crippen LogP contribution >= 0.6 is 0 Å². The van der Waals surface area contributed by atoms with Crippen LogP contribution in [0.1, 0.15) is 83.3 Å². The number of unbranched alkanes of at least 4 members (excludes halogenated alkanes) is 2. The van der Waals surface area contributed by atoms with E-state index in [0.717, 1.165) is 37.0 Å². The van der Waals surface area contributed by atoms with Crippen LogP contribution < -0.4 is 9.47 Å². The highest BCUT2D eigenvalue weighted by atomic mass is 16.5. The highest BCUT2D eigenvalue weighted by molar-refractivity contribution is 5.74. The highest BCUT2D eigenvalue weighted by Gasteiger charge is 2.45. The number of allylic oxidation sites excluding steroid dienone is 2. The molecule has 0 saturated heterocycles. The Bertz CT molecular complexity index is 794. The predicted octanol–water partition coefficient (Wildman–Crippen LogP) is 5.89. The lowest BCUT2D eigenvalue weighted by Gasteiger charge is -2.46. The van der Waals surface area contributed by atoms with Crippen LogP contribution in [0.25, 0.3) is 0 Å². The summed E-state index contributed by atoms with van der Waals surface area (Å²) in [4.78, 5) is 14.6. The summed E-state index contributed by atoms with van der Waals surface area (Å²) in [6, 6.07) is 4.29. The Morgan fingerprint density at radius 1 is 1.27 bits per heavy atom. The van der Waals surface area contributed by atoms with E-state index >= 15 is 0 Å². The highest BCUT2D eigenvalue weighted by Crippen LogP contribution is 2.53. The maximum Gasteiger partial charge on any atom is 0.312 e. The van der Waals surface area contributed by atoms with E-state index in [4.69, 9.17) is 9.47 Å². The third kappa shape index (κ3) is 5.26. The molecule has 0 saturated carbocycles. The number of hydrogen-bond acceptors (Lipinski definition) is 4. The minimum absolute atomic E-state index is 0.172. The van der Waals surface area contributed by atoms with Crippen molar-refractivity contribution in [2.45, 2.75) is 84.2 Å². The Hall–Kier alpha value is -1.81. The number of fused-ring (bicyclic) bond motifs is 3. The molecule has 166 valence electrons. The third-order valence-electron chi connectivity index (χ3n) is 6.57. The van der Waals surface area contributed by atoms with Crippen LogP contribution in [0.5, 0.6) is 11.5 Å². The van der Waals surface area contributed by atoms with E-state index in [0.29, 0.717) is 24.6 Å². The second-order valence-corrected chi connectivity index (χ2v) is 9.88. The standard InChI is InChI=1S/C26H39NO3/c1-7-8-9-10-19-16-22(29-24(28)13-14-27(5)6)25-20-15-18(2)11-12-21(20)26(3,4)30-23(25)17-19/h15-17,20-21H,7-14H2,1-6H3/t20-,21-/m1/s1. The normalized spacial score (nSPS) is 22.0. The molecule has 0 fully saturated rings. The van der Waals surface area contributed by atoms with Crippen molar-refractivity contribution in [3.8, 4) is 11.5 Å². The first-order chi connectivity index (χ1) is 14.2. The molecule has 0 bridgehead atoms. The Morgan fingerprint density at radius 3 is 2.73 bits per heavy atom. The number of hydrogen-bond donors (Lipinski definition) is 0. The molecule has 0 spiro atoms. The van der Waals surface area contributed by atoms with E-state index in [1.807, 2.05) is 19.0 Å². The molecule has 0 unspecified atom stereocenters. The van der Waals surface area contributed by atoms with Gasteiger partial charge in [0.2, 0.25) is 0 Å². The lowest BCUT2D eigenvalue weighted by atomic mass is 9.68. The summed E-state index contributed by atoms with van der Waals surface area (Å²) < 4.78 is 12.6. The third-order valence-corrected chi connectivity index (χ3v) is 6.57. The van der Waals surface area contributed by atoms with Gasteiger partial charge in [0.15, 0.2) is 0 Å². The van der Waals surface area contributed by atoms with Gasteiger partial charge in [0.1, 0.15) is 17.1 Å². The molecule has 3 rings (SSSR count). The molecule has 30 heavy (non-hydrogen) atoms. The number of carbonyl (C=O) groups is 1. The molecule has 0 aromatic heterocycles. The van der Waals surface area contributed by atoms with Crippen molar-refractivity contribution in [2.24, 2.45) is 5.92 Å². The first-order valence-corrected chi connectivity index (χ1v) is 11.6. The van der Waals surface area contributed by atoms with Crippen LogP contribution in [0.15, 0.2) is 23.8 Å². The minimum atomic E-state index is -0.233. The fraction of sp³-hybridized carbons (Fsp3) is 0.654. The zero-order chi connectivity index (χ0) is 21.9. The van der Waals surface area contributed by atoms with Gasteiger partial charge in [0.25, 0.3) is 0 Å². The van der Waals surface area contributed by atoms with Crippen molar-refractivity contribution in [1.29, 1.82) is 0 Å². The van der Waals surface area contributed by atoms with Crippen LogP contribution in [0.2, 0.25) is 0 Å². The van der Waals surface area contributed by atoms with E-state index in [9.17, 15) is 4.79 Å². The Labute approximate surface area is 182 Å². The van der Waals surface area contributed by atoms with Crippen LogP contribution in [0, 0.1) is 5.92 Å². The van der Waals surface area contributed by atoms with Crippen LogP contribution in [0.3, 0.4) is 0 Å². The van der Waals surface area contributed by atoms with Gasteiger partial charge in [-0.2, -0.15) is 0 Å². The van der Waals surface area contributed by atoms with Gasteiger partial charge in [-0.1, -0.05) is 31.4 Å². The fourth-order valence-electron chi connectivity index (χ4n) is 4.86. The van der Waals surface area contributed by atoms with Gasteiger partial charge >= 0.3 is 5.97 Å². The predicted molar refractivity (Wildman–Crippen MR) is 122 cm³/mol. The average molecular weight is 414 g/mol. The van der Waals surface area contributed by atoms with Crippen molar-refractivity contribution < 1.29 is 14.3 Å². The summed E-state index contributed by atoms with van der Waals surface area (Å²) in [5.41, 5.74) is 3.44. The maximum absolute atomic E-state index is 12.6. The van der Waals surface area contributed by atoms with Gasteiger partial charge in [0.05, 0.1) is 6.42 Å². The Morgan fingerprint density at radius 2 is 2.03 bits per heavy atom. The number of esters is 1. The molecule has 2 atom stereocenters. The van der Waals surface area contributed by atoms with Gasteiger partial charge in [-0.3, -0.25) is 4.79 Å². The minimum Gasteiger partial charge on any atom is -0.487 e. The Balaban J connectivity index is 2.00. The van der Waals surface area contributed by atoms with E-state index < -0.39 is 0 Å². The van der Waals surface area contributed by atoms with Gasteiger partial charge in [-0.25, -0.2) is 0 Å². The molecule has 1 aromatic carbocycles. The zero-order valence-electron chi connectivity index (χ0n) is 19.7. The van der Waals surface area contributed by atoms with Gasteiger partial charge in [-0.05, 0) is 78.2 Å². The van der Waals surface area contributed by atoms with Crippen molar-refractivity contribution >= 4 is 5.97 Å². The second-order valence-electron chi connectivity index (χ2n) is 9.88. The zero-order valence-corrected chi connectivity index (χ0v) is 19.7. The van der Waals surface area contributed by atoms with Crippen molar-refractivity contribution in [1.82, 2.24) is 4.90 Å². The molecule has 0 radical (unpaired) electrons. The largest absolute Gasteiger partial charge is 0.487 e. The molecule has 2 aliphatic rings. The molecule has 1 aliphatic carbocycles. The van der Waals surface area contributed by atoms with Crippen molar-refractivity contribution in [3.63, 3.8) is 0 Å². The number of aryl methyl sites for hydroxylation is 1. The SMILES string of the molecule is CCCCCc1cc(OC(=O)CCN(C)C)c2c(c1)OC(C)(C)[C@@H]1CCC(C)=C[C@@H]21. The lowest BCUT2D eigenvalue weighted by molar-refractivity contribution is -0.134. The molecule has 4 nitrogen and oxygen atoms in total. The molecule has 1 heterocycles. The fourth-order valence-corrected chi connectivity index (χ4v) is 4.86. The number of ether oxygens (including phenoxy) is 2. The summed E-state index contributed by atoms with van der Waals surface area (Å²) in [5, 5.41) is 0. The molecule has 1 aromatic rings. The van der Waals surface area contributed by atoms with E-state index in [1.54, 1.807) is 0 Å². The Kier molecular flexibility index (Phi) is 7.28. The average Bonchev–Trinajstić information content (AvgIpc) is 2.65. The molecule has 4 heteroatoms. The summed E-state index contributed by atoms with van der Waals surface area (Å²) in [6.45, 7) is 9.52. The maximum atomic E-state index is 12.6. The second kappa shape index (κ2) is 9.55. The van der Waals surface area contributed by atoms with E-state index in [1.165, 1.54) is 24.0 Å². The van der Waals surface area contributed by atoms with Gasteiger partial charge in [-0.15, -0.1) is 0 Å². The summed E-state index contributed by atoms with van der Waals surface area (Å²) in [7, 11) is 3.94. The van der Waals surface area contributed by atoms with Crippen molar-refractivity contribution in [2.75, 3.05) is 20.6 Å². The van der Waals surface area contributed by atoms with Gasteiger partial charge in [0, 0.05) is 23.9 Å². The lowest BCUT2D eigenvalue weighted by Crippen LogP contribution is -2.45. The summed E-state index contributed by atoms with van der Waals surface area (Å²) in [6.07, 6.45) is 9.49. The van der Waals surface area contributed by atoms with Crippen molar-refractivity contribution in [3.05, 3.63) is 34.9 Å². The van der Waals surface area contributed by atoms with E-state index in [-0.39, 0.29) is 17.5 Å². The molecular weight excluding hydrogens is 374 g/mol. The smallest absolute Gasteiger partial charge is 0.312 e. The summed E-state index contributed by atoms with van der Waals surface area (Å²) in [5.74, 6) is 2.06. The van der Waals surface area contributed by atoms with E-state index in [2.05, 4.69) is 45.9 Å². The van der Waals surface area contributed by atoms with Crippen LogP contribution in [-0.2, 0) is 11.2 Å². The first kappa shape index (κ1) is 22.9. The first-order valence-electron chi connectivity index (χ1n) is 11.6. The van der Waals surface area contributed by atoms with Gasteiger partial charge < -0.3 is 14.4 Å². The molecule has 1 aliphatic heterocycles. The number of carbonyl (C=O) groups excluding carboxylic acids is 1. The quantitative estimate of drug-likeness (QED) is 0.231. The number of nitrogens with zero attached hydrogens (tertiary/aromatic N) is 1. The monoisotopic (exact) mass is 413 g/mol. The van der Waals surface area contributed by atoms with Crippen LogP contribution in [0.4, 0.5) is 0 Å². The molecule has 0 N–H and O–H groups in total. The topological polar surface area (TPSA) is 38.8 Å². The summed E-state index contributed by atoms with van der Waals surface area (Å²) >= 11 is 0. The number of benzene rings is 1. The molecule has 0 amide bonds.